The fraction of sp³-hybridized carbons (Fsp3) is 0.900. The minimum Gasteiger partial charge on any atom is -0.113 e. The van der Waals surface area contributed by atoms with Crippen molar-refractivity contribution < 1.29 is 0 Å². The average molecular weight is 397 g/mol. The molecule has 24 heavy (non-hydrogen) atoms. The van der Waals surface area contributed by atoms with E-state index >= 15 is 0 Å². The number of thioether (sulfide) groups is 4. The van der Waals surface area contributed by atoms with Crippen LogP contribution in [0, 0.1) is 47.3 Å². The summed E-state index contributed by atoms with van der Waals surface area (Å²) in [6.07, 6.45) is 3.07. The van der Waals surface area contributed by atoms with Crippen molar-refractivity contribution in [3.8, 4) is 0 Å². The fourth-order valence-corrected chi connectivity index (χ4v) is 15.6. The molecule has 0 nitrogen and oxygen atoms in total. The number of fused-ring (bicyclic) bond motifs is 10. The molecule has 4 saturated carbocycles. The Labute approximate surface area is 163 Å². The second kappa shape index (κ2) is 5.35. The fourth-order valence-electron chi connectivity index (χ4n) is 7.11. The number of rotatable bonds is 0. The van der Waals surface area contributed by atoms with Crippen LogP contribution in [0.15, 0.2) is 8.47 Å². The molecule has 0 aromatic carbocycles. The van der Waals surface area contributed by atoms with Crippen LogP contribution in [0.3, 0.4) is 0 Å². The Morgan fingerprint density at radius 1 is 0.500 bits per heavy atom. The van der Waals surface area contributed by atoms with Crippen LogP contribution in [-0.4, -0.2) is 21.0 Å². The minimum absolute atomic E-state index is 0.949. The van der Waals surface area contributed by atoms with E-state index in [0.717, 1.165) is 68.3 Å². The van der Waals surface area contributed by atoms with E-state index in [-0.39, 0.29) is 0 Å². The third-order valence-electron chi connectivity index (χ3n) is 8.92. The zero-order valence-corrected chi connectivity index (χ0v) is 18.2. The van der Waals surface area contributed by atoms with Gasteiger partial charge in [-0.05, 0) is 60.2 Å². The molecule has 6 aliphatic rings. The topological polar surface area (TPSA) is 0 Å². The average Bonchev–Trinajstić information content (AvgIpc) is 3.30. The molecular weight excluding hydrogens is 368 g/mol. The highest BCUT2D eigenvalue weighted by Crippen LogP contribution is 2.72. The van der Waals surface area contributed by atoms with Crippen LogP contribution in [0.5, 0.6) is 0 Å². The predicted molar refractivity (Wildman–Crippen MR) is 112 cm³/mol. The van der Waals surface area contributed by atoms with E-state index in [1.807, 2.05) is 0 Å². The van der Waals surface area contributed by atoms with Gasteiger partial charge in [0, 0.05) is 21.0 Å². The normalized spacial score (nSPS) is 63.5. The Morgan fingerprint density at radius 3 is 1.00 bits per heavy atom. The summed E-state index contributed by atoms with van der Waals surface area (Å²) in [4.78, 5) is 0. The Balaban J connectivity index is 1.26. The highest BCUT2D eigenvalue weighted by Gasteiger charge is 2.61. The van der Waals surface area contributed by atoms with Crippen molar-refractivity contribution >= 4 is 47.0 Å². The maximum atomic E-state index is 2.53. The van der Waals surface area contributed by atoms with Crippen LogP contribution >= 0.6 is 47.0 Å². The maximum Gasteiger partial charge on any atom is 0.0609 e. The van der Waals surface area contributed by atoms with Crippen LogP contribution in [-0.2, 0) is 0 Å². The lowest BCUT2D eigenvalue weighted by atomic mass is 9.81. The van der Waals surface area contributed by atoms with Crippen molar-refractivity contribution in [3.05, 3.63) is 8.47 Å². The van der Waals surface area contributed by atoms with Gasteiger partial charge in [-0.3, -0.25) is 0 Å². The summed E-state index contributed by atoms with van der Waals surface area (Å²) in [6.45, 7) is 10.1. The lowest BCUT2D eigenvalue weighted by molar-refractivity contribution is 0.274. The number of hydrogen-bond acceptors (Lipinski definition) is 4. The molecule has 0 amide bonds. The third kappa shape index (κ3) is 1.91. The molecule has 0 radical (unpaired) electrons. The van der Waals surface area contributed by atoms with Gasteiger partial charge in [-0.15, -0.1) is 47.0 Å². The van der Waals surface area contributed by atoms with Crippen LogP contribution in [0.25, 0.3) is 0 Å². The third-order valence-corrected chi connectivity index (χ3v) is 16.3. The van der Waals surface area contributed by atoms with E-state index in [1.165, 1.54) is 12.8 Å². The van der Waals surface area contributed by atoms with E-state index in [2.05, 4.69) is 74.7 Å². The Morgan fingerprint density at radius 2 is 0.750 bits per heavy atom. The summed E-state index contributed by atoms with van der Waals surface area (Å²) in [5, 5.41) is 3.80. The molecule has 2 heterocycles. The zero-order chi connectivity index (χ0) is 16.3. The molecule has 12 atom stereocenters. The van der Waals surface area contributed by atoms with Crippen molar-refractivity contribution in [2.24, 2.45) is 47.3 Å². The molecular formula is C20H28S4. The molecule has 4 aliphatic carbocycles. The second-order valence-electron chi connectivity index (χ2n) is 9.47. The molecule has 6 fully saturated rings. The van der Waals surface area contributed by atoms with Crippen molar-refractivity contribution in [2.75, 3.05) is 0 Å². The zero-order valence-electron chi connectivity index (χ0n) is 15.0. The van der Waals surface area contributed by atoms with E-state index in [4.69, 9.17) is 0 Å². The molecule has 4 heteroatoms. The predicted octanol–water partition coefficient (Wildman–Crippen LogP) is 6.39. The molecule has 0 aromatic rings. The van der Waals surface area contributed by atoms with Crippen LogP contribution in [0.1, 0.15) is 40.5 Å². The van der Waals surface area contributed by atoms with Gasteiger partial charge in [-0.1, -0.05) is 27.7 Å². The summed E-state index contributed by atoms with van der Waals surface area (Å²) in [6, 6.07) is 0. The summed E-state index contributed by atoms with van der Waals surface area (Å²) in [5.41, 5.74) is 0. The highest BCUT2D eigenvalue weighted by molar-refractivity contribution is 8.31. The van der Waals surface area contributed by atoms with E-state index in [0.29, 0.717) is 0 Å². The van der Waals surface area contributed by atoms with Gasteiger partial charge in [0.1, 0.15) is 0 Å². The smallest absolute Gasteiger partial charge is 0.0609 e. The Bertz CT molecular complexity index is 515. The van der Waals surface area contributed by atoms with Crippen LogP contribution < -0.4 is 0 Å². The van der Waals surface area contributed by atoms with Gasteiger partial charge in [0.05, 0.1) is 8.47 Å². The molecule has 2 saturated heterocycles. The van der Waals surface area contributed by atoms with Gasteiger partial charge >= 0.3 is 0 Å². The summed E-state index contributed by atoms with van der Waals surface area (Å²) >= 11 is 9.25. The quantitative estimate of drug-likeness (QED) is 0.465. The lowest BCUT2D eigenvalue weighted by Crippen LogP contribution is -2.33. The van der Waals surface area contributed by atoms with Gasteiger partial charge in [0.25, 0.3) is 0 Å². The molecule has 6 rings (SSSR count). The molecule has 0 unspecified atom stereocenters. The highest BCUT2D eigenvalue weighted by atomic mass is 32.2. The Kier molecular flexibility index (Phi) is 3.60. The Hall–Kier alpha value is 1.14. The SMILES string of the molecule is C[C@@H]1[C@H](C)[C@H]2C[C@H]1[C@@H]1SC(=C3S[C@@H]4[C@H]5C[C@@H]([C@H](C)[C@H]5C)[C@H]4S3)S[C@H]21. The summed E-state index contributed by atoms with van der Waals surface area (Å²) in [5.74, 6) is 7.92. The van der Waals surface area contributed by atoms with Gasteiger partial charge in [0.15, 0.2) is 0 Å². The monoisotopic (exact) mass is 396 g/mol. The molecule has 4 bridgehead atoms. The van der Waals surface area contributed by atoms with E-state index in [1.54, 1.807) is 8.47 Å². The van der Waals surface area contributed by atoms with Crippen LogP contribution in [0.2, 0.25) is 0 Å². The molecule has 2 aliphatic heterocycles. The molecule has 0 aromatic heterocycles. The largest absolute Gasteiger partial charge is 0.113 e. The van der Waals surface area contributed by atoms with Crippen molar-refractivity contribution in [3.63, 3.8) is 0 Å². The molecule has 0 N–H and O–H groups in total. The summed E-state index contributed by atoms with van der Waals surface area (Å²) in [7, 11) is 0. The molecule has 0 spiro atoms. The molecule has 132 valence electrons. The summed E-state index contributed by atoms with van der Waals surface area (Å²) < 4.78 is 3.51. The van der Waals surface area contributed by atoms with Crippen molar-refractivity contribution in [1.82, 2.24) is 0 Å². The minimum atomic E-state index is 0.949. The first-order valence-corrected chi connectivity index (χ1v) is 13.5. The number of hydrogen-bond donors (Lipinski definition) is 0. The van der Waals surface area contributed by atoms with Gasteiger partial charge in [-0.25, -0.2) is 0 Å². The first-order valence-electron chi connectivity index (χ1n) is 9.95. The van der Waals surface area contributed by atoms with Gasteiger partial charge in [0.2, 0.25) is 0 Å². The van der Waals surface area contributed by atoms with Crippen molar-refractivity contribution in [2.45, 2.75) is 61.5 Å². The second-order valence-corrected chi connectivity index (χ2v) is 14.7. The van der Waals surface area contributed by atoms with Gasteiger partial charge in [-0.2, -0.15) is 0 Å². The van der Waals surface area contributed by atoms with Crippen LogP contribution in [0.4, 0.5) is 0 Å². The van der Waals surface area contributed by atoms with Crippen molar-refractivity contribution in [1.29, 1.82) is 0 Å². The first-order chi connectivity index (χ1) is 11.5. The van der Waals surface area contributed by atoms with Gasteiger partial charge < -0.3 is 0 Å². The van der Waals surface area contributed by atoms with E-state index in [9.17, 15) is 0 Å². The standard InChI is InChI=1S/C20H28S4/c1-7-8(2)12-5-11(7)15-16(12)22-19(21-15)20-23-17-13-6-14(18(17)24-20)10(4)9(13)3/h7-18H,5-6H2,1-4H3/t7-,8-,9-,10+,11+,12+,13-,14-,15-,16-,17+,18-/m1/s1. The first kappa shape index (κ1) is 16.1. The van der Waals surface area contributed by atoms with E-state index < -0.39 is 0 Å². The maximum absolute atomic E-state index is 2.53. The lowest BCUT2D eigenvalue weighted by Gasteiger charge is -2.32.